The molecule has 0 aromatic heterocycles. The Morgan fingerprint density at radius 1 is 1.11 bits per heavy atom. The molecule has 0 saturated heterocycles. The van der Waals surface area contributed by atoms with Crippen molar-refractivity contribution in [1.82, 2.24) is 0 Å². The molecule has 98 valence electrons. The van der Waals surface area contributed by atoms with E-state index in [4.69, 9.17) is 5.21 Å². The molecule has 0 bridgehead atoms. The van der Waals surface area contributed by atoms with Crippen molar-refractivity contribution in [1.29, 1.82) is 0 Å². The molecule has 0 amide bonds. The summed E-state index contributed by atoms with van der Waals surface area (Å²) in [6.45, 7) is 4.09. The number of benzene rings is 1. The molecule has 0 spiro atoms. The zero-order valence-electron chi connectivity index (χ0n) is 11.4. The lowest BCUT2D eigenvalue weighted by Gasteiger charge is -2.22. The van der Waals surface area contributed by atoms with E-state index < -0.39 is 0 Å². The highest BCUT2D eigenvalue weighted by Gasteiger charge is 2.16. The van der Waals surface area contributed by atoms with Crippen molar-refractivity contribution in [2.45, 2.75) is 51.9 Å². The molecule has 1 aromatic carbocycles. The van der Waals surface area contributed by atoms with Crippen LogP contribution in [0.2, 0.25) is 0 Å². The lowest BCUT2D eigenvalue weighted by atomic mass is 9.83. The third kappa shape index (κ3) is 2.92. The van der Waals surface area contributed by atoms with Crippen LogP contribution in [0.1, 0.15) is 63.0 Å². The molecular formula is C16H23NO. The normalized spacial score (nSPS) is 18.3. The maximum atomic E-state index is 9.06. The number of nitrogens with zero attached hydrogens (tertiary/aromatic N) is 1. The Balaban J connectivity index is 2.14. The van der Waals surface area contributed by atoms with Gasteiger partial charge in [0.1, 0.15) is 0 Å². The molecule has 1 aliphatic rings. The summed E-state index contributed by atoms with van der Waals surface area (Å²) in [5.41, 5.74) is 3.25. The van der Waals surface area contributed by atoms with E-state index in [2.05, 4.69) is 29.4 Å². The van der Waals surface area contributed by atoms with E-state index in [0.29, 0.717) is 0 Å². The van der Waals surface area contributed by atoms with Crippen molar-refractivity contribution in [2.24, 2.45) is 11.1 Å². The molecule has 0 unspecified atom stereocenters. The molecule has 0 atom stereocenters. The molecule has 1 aliphatic carbocycles. The molecule has 2 heteroatoms. The third-order valence-electron chi connectivity index (χ3n) is 3.94. The zero-order chi connectivity index (χ0) is 13.0. The van der Waals surface area contributed by atoms with E-state index in [0.717, 1.165) is 17.2 Å². The Hall–Kier alpha value is -1.31. The van der Waals surface area contributed by atoms with Crippen LogP contribution in [0.4, 0.5) is 0 Å². The smallest absolute Gasteiger partial charge is 0.0893 e. The minimum atomic E-state index is 0.246. The van der Waals surface area contributed by atoms with Crippen molar-refractivity contribution < 1.29 is 5.21 Å². The predicted molar refractivity (Wildman–Crippen MR) is 75.4 cm³/mol. The summed E-state index contributed by atoms with van der Waals surface area (Å²) < 4.78 is 0. The maximum absolute atomic E-state index is 9.06. The summed E-state index contributed by atoms with van der Waals surface area (Å²) in [6.07, 6.45) is 6.77. The molecule has 1 saturated carbocycles. The summed E-state index contributed by atoms with van der Waals surface area (Å²) in [5, 5.41) is 12.5. The van der Waals surface area contributed by atoms with Crippen molar-refractivity contribution in [2.75, 3.05) is 0 Å². The first-order valence-electron chi connectivity index (χ1n) is 7.04. The average Bonchev–Trinajstić information content (AvgIpc) is 2.41. The molecule has 1 aromatic rings. The van der Waals surface area contributed by atoms with Gasteiger partial charge in [-0.3, -0.25) is 0 Å². The van der Waals surface area contributed by atoms with Crippen LogP contribution in [0.5, 0.6) is 0 Å². The minimum Gasteiger partial charge on any atom is -0.411 e. The fraction of sp³-hybridized carbons (Fsp3) is 0.562. The van der Waals surface area contributed by atoms with Gasteiger partial charge < -0.3 is 5.21 Å². The zero-order valence-corrected chi connectivity index (χ0v) is 11.4. The highest BCUT2D eigenvalue weighted by molar-refractivity contribution is 6.01. The van der Waals surface area contributed by atoms with E-state index in [-0.39, 0.29) is 5.92 Å². The van der Waals surface area contributed by atoms with Gasteiger partial charge in [0, 0.05) is 0 Å². The fourth-order valence-corrected chi connectivity index (χ4v) is 2.87. The van der Waals surface area contributed by atoms with Gasteiger partial charge in [0.2, 0.25) is 0 Å². The van der Waals surface area contributed by atoms with Crippen molar-refractivity contribution in [3.8, 4) is 0 Å². The topological polar surface area (TPSA) is 32.6 Å². The van der Waals surface area contributed by atoms with Crippen LogP contribution in [0.3, 0.4) is 0 Å². The van der Waals surface area contributed by atoms with Crippen LogP contribution in [-0.4, -0.2) is 10.9 Å². The van der Waals surface area contributed by atoms with Crippen LogP contribution in [0.15, 0.2) is 29.4 Å². The van der Waals surface area contributed by atoms with Crippen LogP contribution in [0.25, 0.3) is 0 Å². The van der Waals surface area contributed by atoms with Gasteiger partial charge in [0.15, 0.2) is 0 Å². The fourth-order valence-electron chi connectivity index (χ4n) is 2.87. The predicted octanol–water partition coefficient (Wildman–Crippen LogP) is 4.57. The first-order valence-corrected chi connectivity index (χ1v) is 7.04. The largest absolute Gasteiger partial charge is 0.411 e. The first-order chi connectivity index (χ1) is 8.72. The van der Waals surface area contributed by atoms with E-state index in [1.807, 2.05) is 13.8 Å². The summed E-state index contributed by atoms with van der Waals surface area (Å²) in [4.78, 5) is 0. The second-order valence-corrected chi connectivity index (χ2v) is 5.60. The summed E-state index contributed by atoms with van der Waals surface area (Å²) in [6, 6.07) is 8.61. The molecular weight excluding hydrogens is 222 g/mol. The lowest BCUT2D eigenvalue weighted by Crippen LogP contribution is -2.10. The van der Waals surface area contributed by atoms with Crippen LogP contribution in [0, 0.1) is 5.92 Å². The van der Waals surface area contributed by atoms with E-state index in [1.165, 1.54) is 37.7 Å². The van der Waals surface area contributed by atoms with Gasteiger partial charge in [-0.05, 0) is 35.8 Å². The second-order valence-electron chi connectivity index (χ2n) is 5.60. The first kappa shape index (κ1) is 13.1. The quantitative estimate of drug-likeness (QED) is 0.472. The molecule has 1 fully saturated rings. The average molecular weight is 245 g/mol. The van der Waals surface area contributed by atoms with Gasteiger partial charge in [-0.25, -0.2) is 0 Å². The second kappa shape index (κ2) is 6.03. The van der Waals surface area contributed by atoms with Gasteiger partial charge in [-0.2, -0.15) is 0 Å². The Bertz CT molecular complexity index is 400. The number of hydrogen-bond acceptors (Lipinski definition) is 2. The molecule has 18 heavy (non-hydrogen) atoms. The van der Waals surface area contributed by atoms with Crippen molar-refractivity contribution in [3.05, 3.63) is 35.4 Å². The van der Waals surface area contributed by atoms with Gasteiger partial charge in [-0.1, -0.05) is 62.5 Å². The summed E-state index contributed by atoms with van der Waals surface area (Å²) >= 11 is 0. The Kier molecular flexibility index (Phi) is 4.40. The number of oxime groups is 1. The van der Waals surface area contributed by atoms with Gasteiger partial charge >= 0.3 is 0 Å². The lowest BCUT2D eigenvalue weighted by molar-refractivity contribution is 0.316. The molecule has 1 N–H and O–H groups in total. The SMILES string of the molecule is CC(C)C(=NO)c1ccc(C2CCCCC2)cc1. The molecule has 0 heterocycles. The highest BCUT2D eigenvalue weighted by Crippen LogP contribution is 2.32. The molecule has 2 rings (SSSR count). The summed E-state index contributed by atoms with van der Waals surface area (Å²) in [5.74, 6) is 0.983. The molecule has 2 nitrogen and oxygen atoms in total. The van der Waals surface area contributed by atoms with Gasteiger partial charge in [-0.15, -0.1) is 0 Å². The van der Waals surface area contributed by atoms with Crippen molar-refractivity contribution in [3.63, 3.8) is 0 Å². The number of rotatable bonds is 3. The van der Waals surface area contributed by atoms with Crippen LogP contribution in [-0.2, 0) is 0 Å². The monoisotopic (exact) mass is 245 g/mol. The standard InChI is InChI=1S/C16H23NO/c1-12(2)16(17-18)15-10-8-14(9-11-15)13-6-4-3-5-7-13/h8-13,18H,3-7H2,1-2H3. The minimum absolute atomic E-state index is 0.246. The van der Waals surface area contributed by atoms with Crippen LogP contribution < -0.4 is 0 Å². The van der Waals surface area contributed by atoms with Crippen LogP contribution >= 0.6 is 0 Å². The Morgan fingerprint density at radius 3 is 2.22 bits per heavy atom. The maximum Gasteiger partial charge on any atom is 0.0893 e. The van der Waals surface area contributed by atoms with E-state index >= 15 is 0 Å². The third-order valence-corrected chi connectivity index (χ3v) is 3.94. The van der Waals surface area contributed by atoms with Crippen molar-refractivity contribution >= 4 is 5.71 Å². The van der Waals surface area contributed by atoms with Gasteiger partial charge in [0.05, 0.1) is 5.71 Å². The van der Waals surface area contributed by atoms with Gasteiger partial charge in [0.25, 0.3) is 0 Å². The van der Waals surface area contributed by atoms with E-state index in [1.54, 1.807) is 0 Å². The summed E-state index contributed by atoms with van der Waals surface area (Å²) in [7, 11) is 0. The van der Waals surface area contributed by atoms with E-state index in [9.17, 15) is 0 Å². The molecule has 0 aliphatic heterocycles. The Labute approximate surface area is 110 Å². The highest BCUT2D eigenvalue weighted by atomic mass is 16.4. The molecule has 0 radical (unpaired) electrons. The Morgan fingerprint density at radius 2 is 1.72 bits per heavy atom. The number of hydrogen-bond donors (Lipinski definition) is 1.